The molecule has 0 amide bonds. The zero-order valence-electron chi connectivity index (χ0n) is 8.18. The molecule has 0 aliphatic carbocycles. The van der Waals surface area contributed by atoms with Crippen LogP contribution in [-0.4, -0.2) is 37.1 Å². The summed E-state index contributed by atoms with van der Waals surface area (Å²) < 4.78 is 24.9. The van der Waals surface area contributed by atoms with Crippen LogP contribution < -0.4 is 5.73 Å². The highest BCUT2D eigenvalue weighted by Crippen LogP contribution is 2.17. The minimum Gasteiger partial charge on any atom is -0.326 e. The Morgan fingerprint density at radius 1 is 1.71 bits per heavy atom. The van der Waals surface area contributed by atoms with Gasteiger partial charge in [-0.15, -0.1) is 0 Å². The summed E-state index contributed by atoms with van der Waals surface area (Å²) in [6.07, 6.45) is 1.01. The van der Waals surface area contributed by atoms with E-state index in [1.807, 2.05) is 6.07 Å². The molecule has 1 heterocycles. The molecule has 80 valence electrons. The van der Waals surface area contributed by atoms with Gasteiger partial charge < -0.3 is 5.73 Å². The Balaban J connectivity index is 2.81. The molecule has 0 spiro atoms. The first kappa shape index (κ1) is 11.4. The van der Waals surface area contributed by atoms with Gasteiger partial charge in [0, 0.05) is 19.1 Å². The van der Waals surface area contributed by atoms with Gasteiger partial charge in [0.25, 0.3) is 0 Å². The Bertz CT molecular complexity index is 333. The molecule has 1 fully saturated rings. The van der Waals surface area contributed by atoms with Crippen LogP contribution in [0.25, 0.3) is 0 Å². The van der Waals surface area contributed by atoms with Crippen LogP contribution in [0.5, 0.6) is 0 Å². The van der Waals surface area contributed by atoms with Crippen molar-refractivity contribution in [2.24, 2.45) is 5.73 Å². The predicted molar refractivity (Wildman–Crippen MR) is 52.8 cm³/mol. The van der Waals surface area contributed by atoms with Crippen molar-refractivity contribution < 1.29 is 8.42 Å². The maximum absolute atomic E-state index is 11.8. The van der Waals surface area contributed by atoms with E-state index in [1.165, 1.54) is 4.31 Å². The molecule has 1 rings (SSSR count). The summed E-state index contributed by atoms with van der Waals surface area (Å²) in [4.78, 5) is 0. The number of hydrogen-bond acceptors (Lipinski definition) is 4. The topological polar surface area (TPSA) is 87.2 Å². The summed E-state index contributed by atoms with van der Waals surface area (Å²) in [5.74, 6) is 0. The van der Waals surface area contributed by atoms with Gasteiger partial charge in [0.2, 0.25) is 10.0 Å². The Labute approximate surface area is 84.5 Å². The van der Waals surface area contributed by atoms with E-state index in [1.54, 1.807) is 6.92 Å². The number of sulfonamides is 1. The van der Waals surface area contributed by atoms with Crippen LogP contribution >= 0.6 is 0 Å². The van der Waals surface area contributed by atoms with Gasteiger partial charge in [-0.2, -0.15) is 9.57 Å². The number of nitriles is 1. The molecule has 0 aromatic heterocycles. The van der Waals surface area contributed by atoms with Gasteiger partial charge in [0.1, 0.15) is 0 Å². The highest BCUT2D eigenvalue weighted by atomic mass is 32.2. The van der Waals surface area contributed by atoms with Gasteiger partial charge >= 0.3 is 0 Å². The molecule has 0 aromatic rings. The van der Waals surface area contributed by atoms with Crippen molar-refractivity contribution in [2.75, 3.05) is 13.1 Å². The van der Waals surface area contributed by atoms with E-state index in [4.69, 9.17) is 11.0 Å². The van der Waals surface area contributed by atoms with Crippen LogP contribution in [0.15, 0.2) is 0 Å². The predicted octanol–water partition coefficient (Wildman–Crippen LogP) is -0.349. The molecule has 1 unspecified atom stereocenters. The fourth-order valence-electron chi connectivity index (χ4n) is 1.53. The average Bonchev–Trinajstić information content (AvgIpc) is 2.54. The van der Waals surface area contributed by atoms with Crippen LogP contribution in [0.4, 0.5) is 0 Å². The Kier molecular flexibility index (Phi) is 3.48. The highest BCUT2D eigenvalue weighted by molar-refractivity contribution is 7.90. The molecule has 1 aliphatic rings. The van der Waals surface area contributed by atoms with Gasteiger partial charge in [-0.05, 0) is 12.8 Å². The van der Waals surface area contributed by atoms with Gasteiger partial charge in [-0.25, -0.2) is 8.42 Å². The summed E-state index contributed by atoms with van der Waals surface area (Å²) in [5.41, 5.74) is 5.62. The third-order valence-electron chi connectivity index (χ3n) is 2.42. The molecular formula is C8H15N3O2S. The zero-order valence-corrected chi connectivity index (χ0v) is 9.00. The molecule has 0 saturated carbocycles. The van der Waals surface area contributed by atoms with Crippen LogP contribution in [-0.2, 0) is 10.0 Å². The van der Waals surface area contributed by atoms with Crippen molar-refractivity contribution in [2.45, 2.75) is 31.1 Å². The highest BCUT2D eigenvalue weighted by Gasteiger charge is 2.34. The maximum Gasteiger partial charge on any atom is 0.230 e. The average molecular weight is 217 g/mol. The fraction of sp³-hybridized carbons (Fsp3) is 0.875. The van der Waals surface area contributed by atoms with E-state index >= 15 is 0 Å². The second-order valence-corrected chi connectivity index (χ2v) is 5.59. The fourth-order valence-corrected chi connectivity index (χ4v) is 3.21. The first-order chi connectivity index (χ1) is 6.52. The molecule has 5 nitrogen and oxygen atoms in total. The molecule has 6 heteroatoms. The lowest BCUT2D eigenvalue weighted by Crippen LogP contribution is -2.38. The molecule has 2 atom stereocenters. The number of rotatable bonds is 3. The first-order valence-electron chi connectivity index (χ1n) is 4.66. The minimum atomic E-state index is -3.44. The molecule has 1 aliphatic heterocycles. The third kappa shape index (κ3) is 2.05. The molecule has 0 aromatic carbocycles. The summed E-state index contributed by atoms with van der Waals surface area (Å²) >= 11 is 0. The van der Waals surface area contributed by atoms with E-state index in [9.17, 15) is 8.42 Å². The molecular weight excluding hydrogens is 202 g/mol. The second-order valence-electron chi connectivity index (χ2n) is 3.48. The molecule has 2 N–H and O–H groups in total. The standard InChI is InChI=1S/C8H15N3O2S/c1-2-8(5-9)14(12,13)11-4-3-7(10)6-11/h7-8H,2-4,6,10H2,1H3/t7-,8?/m0/s1. The molecule has 1 saturated heterocycles. The van der Waals surface area contributed by atoms with E-state index in [0.29, 0.717) is 25.9 Å². The molecule has 14 heavy (non-hydrogen) atoms. The smallest absolute Gasteiger partial charge is 0.230 e. The normalized spacial score (nSPS) is 25.9. The Morgan fingerprint density at radius 3 is 2.71 bits per heavy atom. The lowest BCUT2D eigenvalue weighted by Gasteiger charge is -2.18. The number of nitrogens with two attached hydrogens (primary N) is 1. The van der Waals surface area contributed by atoms with Crippen LogP contribution in [0, 0.1) is 11.3 Å². The number of nitrogens with zero attached hydrogens (tertiary/aromatic N) is 2. The summed E-state index contributed by atoms with van der Waals surface area (Å²) in [6.45, 7) is 2.49. The monoisotopic (exact) mass is 217 g/mol. The summed E-state index contributed by atoms with van der Waals surface area (Å²) in [7, 11) is -3.44. The maximum atomic E-state index is 11.8. The van der Waals surface area contributed by atoms with Crippen molar-refractivity contribution >= 4 is 10.0 Å². The first-order valence-corrected chi connectivity index (χ1v) is 6.16. The van der Waals surface area contributed by atoms with Crippen LogP contribution in [0.3, 0.4) is 0 Å². The lowest BCUT2D eigenvalue weighted by molar-refractivity contribution is 0.466. The quantitative estimate of drug-likeness (QED) is 0.700. The summed E-state index contributed by atoms with van der Waals surface area (Å²) in [6, 6.07) is 1.73. The lowest BCUT2D eigenvalue weighted by atomic mass is 10.3. The van der Waals surface area contributed by atoms with Crippen LogP contribution in [0.2, 0.25) is 0 Å². The van der Waals surface area contributed by atoms with Gasteiger partial charge in [0.05, 0.1) is 6.07 Å². The van der Waals surface area contributed by atoms with E-state index in [-0.39, 0.29) is 6.04 Å². The number of hydrogen-bond donors (Lipinski definition) is 1. The largest absolute Gasteiger partial charge is 0.326 e. The van der Waals surface area contributed by atoms with Crippen LogP contribution in [0.1, 0.15) is 19.8 Å². The zero-order chi connectivity index (χ0) is 10.8. The van der Waals surface area contributed by atoms with Crippen molar-refractivity contribution in [1.82, 2.24) is 4.31 Å². The third-order valence-corrected chi connectivity index (χ3v) is 4.63. The van der Waals surface area contributed by atoms with Crippen molar-refractivity contribution in [3.63, 3.8) is 0 Å². The molecule has 0 bridgehead atoms. The Morgan fingerprint density at radius 2 is 2.36 bits per heavy atom. The van der Waals surface area contributed by atoms with Crippen molar-refractivity contribution in [1.29, 1.82) is 5.26 Å². The van der Waals surface area contributed by atoms with E-state index < -0.39 is 15.3 Å². The van der Waals surface area contributed by atoms with Gasteiger partial charge in [-0.1, -0.05) is 6.92 Å². The minimum absolute atomic E-state index is 0.0824. The molecule has 0 radical (unpaired) electrons. The SMILES string of the molecule is CCC(C#N)S(=O)(=O)N1CC[C@H](N)C1. The van der Waals surface area contributed by atoms with E-state index in [2.05, 4.69) is 0 Å². The van der Waals surface area contributed by atoms with E-state index in [0.717, 1.165) is 0 Å². The van der Waals surface area contributed by atoms with Gasteiger partial charge in [0.15, 0.2) is 5.25 Å². The Hall–Kier alpha value is -0.640. The summed E-state index contributed by atoms with van der Waals surface area (Å²) in [5, 5.41) is 7.78. The van der Waals surface area contributed by atoms with Crippen molar-refractivity contribution in [3.8, 4) is 6.07 Å². The van der Waals surface area contributed by atoms with Crippen molar-refractivity contribution in [3.05, 3.63) is 0 Å². The second kappa shape index (κ2) is 4.26. The van der Waals surface area contributed by atoms with Gasteiger partial charge in [-0.3, -0.25) is 0 Å².